The van der Waals surface area contributed by atoms with E-state index in [2.05, 4.69) is 4.98 Å². The fourth-order valence-electron chi connectivity index (χ4n) is 2.01. The molecule has 0 spiro atoms. The van der Waals surface area contributed by atoms with Gasteiger partial charge in [0.25, 0.3) is 0 Å². The van der Waals surface area contributed by atoms with Crippen molar-refractivity contribution in [3.05, 3.63) is 41.9 Å². The van der Waals surface area contributed by atoms with Gasteiger partial charge in [0, 0.05) is 6.04 Å². The number of benzene rings is 1. The molecule has 0 saturated carbocycles. The quantitative estimate of drug-likeness (QED) is 0.937. The standard InChI is InChI=1S/C14H16F3N3O/c1-9(2)20-12(18)7-19-13(20)8-21-11-5-3-10(4-6-11)14(15,16)17/h3-7,9H,8,18H2,1-2H3. The van der Waals surface area contributed by atoms with Crippen LogP contribution in [-0.2, 0) is 12.8 Å². The lowest BCUT2D eigenvalue weighted by Gasteiger charge is -2.14. The molecule has 0 bridgehead atoms. The first kappa shape index (κ1) is 15.2. The van der Waals surface area contributed by atoms with E-state index in [1.807, 2.05) is 18.4 Å². The van der Waals surface area contributed by atoms with Crippen molar-refractivity contribution in [3.63, 3.8) is 0 Å². The number of ether oxygens (including phenoxy) is 1. The average Bonchev–Trinajstić information content (AvgIpc) is 2.77. The second-order valence-electron chi connectivity index (χ2n) is 4.87. The van der Waals surface area contributed by atoms with Gasteiger partial charge < -0.3 is 15.0 Å². The van der Waals surface area contributed by atoms with Crippen molar-refractivity contribution < 1.29 is 17.9 Å². The summed E-state index contributed by atoms with van der Waals surface area (Å²) in [5, 5.41) is 0. The minimum atomic E-state index is -4.35. The van der Waals surface area contributed by atoms with Gasteiger partial charge in [-0.05, 0) is 38.1 Å². The van der Waals surface area contributed by atoms with Crippen LogP contribution in [0, 0.1) is 0 Å². The van der Waals surface area contributed by atoms with Crippen molar-refractivity contribution in [2.24, 2.45) is 0 Å². The van der Waals surface area contributed by atoms with E-state index in [4.69, 9.17) is 10.5 Å². The highest BCUT2D eigenvalue weighted by atomic mass is 19.4. The van der Waals surface area contributed by atoms with Crippen LogP contribution in [0.2, 0.25) is 0 Å². The van der Waals surface area contributed by atoms with Crippen LogP contribution >= 0.6 is 0 Å². The van der Waals surface area contributed by atoms with Crippen LogP contribution in [0.1, 0.15) is 31.3 Å². The van der Waals surface area contributed by atoms with Crippen molar-refractivity contribution in [1.29, 1.82) is 0 Å². The summed E-state index contributed by atoms with van der Waals surface area (Å²) >= 11 is 0. The third kappa shape index (κ3) is 3.48. The molecule has 2 N–H and O–H groups in total. The zero-order chi connectivity index (χ0) is 15.6. The highest BCUT2D eigenvalue weighted by Gasteiger charge is 2.30. The van der Waals surface area contributed by atoms with Gasteiger partial charge in [-0.15, -0.1) is 0 Å². The number of rotatable bonds is 4. The number of aromatic nitrogens is 2. The summed E-state index contributed by atoms with van der Waals surface area (Å²) in [4.78, 5) is 4.14. The Bertz CT molecular complexity index is 603. The fraction of sp³-hybridized carbons (Fsp3) is 0.357. The van der Waals surface area contributed by atoms with E-state index < -0.39 is 11.7 Å². The Morgan fingerprint density at radius 3 is 2.38 bits per heavy atom. The maximum absolute atomic E-state index is 12.4. The Morgan fingerprint density at radius 1 is 1.24 bits per heavy atom. The molecule has 1 heterocycles. The van der Waals surface area contributed by atoms with Gasteiger partial charge in [0.1, 0.15) is 24.0 Å². The molecule has 0 aliphatic rings. The minimum Gasteiger partial charge on any atom is -0.486 e. The lowest BCUT2D eigenvalue weighted by molar-refractivity contribution is -0.137. The fourth-order valence-corrected chi connectivity index (χ4v) is 2.01. The number of anilines is 1. The Kier molecular flexibility index (Phi) is 4.11. The summed E-state index contributed by atoms with van der Waals surface area (Å²) in [5.41, 5.74) is 5.09. The van der Waals surface area contributed by atoms with Gasteiger partial charge in [-0.3, -0.25) is 0 Å². The summed E-state index contributed by atoms with van der Waals surface area (Å²) in [6.45, 7) is 4.06. The van der Waals surface area contributed by atoms with E-state index in [1.54, 1.807) is 0 Å². The summed E-state index contributed by atoms with van der Waals surface area (Å²) in [7, 11) is 0. The number of hydrogen-bond donors (Lipinski definition) is 1. The van der Waals surface area contributed by atoms with E-state index in [0.717, 1.165) is 12.1 Å². The summed E-state index contributed by atoms with van der Waals surface area (Å²) in [6.07, 6.45) is -2.81. The molecule has 2 rings (SSSR count). The molecule has 4 nitrogen and oxygen atoms in total. The number of nitrogens with zero attached hydrogens (tertiary/aromatic N) is 2. The monoisotopic (exact) mass is 299 g/mol. The van der Waals surface area contributed by atoms with Crippen molar-refractivity contribution in [2.75, 3.05) is 5.73 Å². The topological polar surface area (TPSA) is 53.1 Å². The molecule has 7 heteroatoms. The van der Waals surface area contributed by atoms with E-state index in [0.29, 0.717) is 17.4 Å². The molecule has 0 fully saturated rings. The highest BCUT2D eigenvalue weighted by molar-refractivity contribution is 5.30. The third-order valence-electron chi connectivity index (χ3n) is 2.97. The molecule has 1 aromatic carbocycles. The van der Waals surface area contributed by atoms with Crippen LogP contribution in [0.25, 0.3) is 0 Å². The number of halogens is 3. The van der Waals surface area contributed by atoms with E-state index in [-0.39, 0.29) is 12.6 Å². The van der Waals surface area contributed by atoms with Crippen LogP contribution in [0.4, 0.5) is 19.0 Å². The number of alkyl halides is 3. The highest BCUT2D eigenvalue weighted by Crippen LogP contribution is 2.30. The normalized spacial score (nSPS) is 11.9. The number of imidazole rings is 1. The molecule has 0 aliphatic carbocycles. The Balaban J connectivity index is 2.07. The van der Waals surface area contributed by atoms with Gasteiger partial charge in [0.2, 0.25) is 0 Å². The SMILES string of the molecule is CC(C)n1c(N)cnc1COc1ccc(C(F)(F)F)cc1. The molecule has 1 aromatic heterocycles. The van der Waals surface area contributed by atoms with Crippen molar-refractivity contribution in [1.82, 2.24) is 9.55 Å². The van der Waals surface area contributed by atoms with Gasteiger partial charge in [0.05, 0.1) is 11.8 Å². The number of nitrogens with two attached hydrogens (primary N) is 1. The summed E-state index contributed by atoms with van der Waals surface area (Å²) in [5.74, 6) is 1.50. The summed E-state index contributed by atoms with van der Waals surface area (Å²) < 4.78 is 44.6. The third-order valence-corrected chi connectivity index (χ3v) is 2.97. The number of nitrogen functional groups attached to an aromatic ring is 1. The predicted molar refractivity (Wildman–Crippen MR) is 72.8 cm³/mol. The first-order valence-corrected chi connectivity index (χ1v) is 6.40. The van der Waals surface area contributed by atoms with Crippen LogP contribution < -0.4 is 10.5 Å². The van der Waals surface area contributed by atoms with E-state index in [9.17, 15) is 13.2 Å². The van der Waals surface area contributed by atoms with Gasteiger partial charge >= 0.3 is 6.18 Å². The van der Waals surface area contributed by atoms with Crippen molar-refractivity contribution in [3.8, 4) is 5.75 Å². The molecular formula is C14H16F3N3O. The predicted octanol–water partition coefficient (Wildman–Crippen LogP) is 3.64. The number of hydrogen-bond acceptors (Lipinski definition) is 3. The maximum Gasteiger partial charge on any atom is 0.416 e. The maximum atomic E-state index is 12.4. The molecule has 0 atom stereocenters. The molecule has 0 aliphatic heterocycles. The van der Waals surface area contributed by atoms with E-state index in [1.165, 1.54) is 18.3 Å². The minimum absolute atomic E-state index is 0.124. The molecule has 0 radical (unpaired) electrons. The Labute approximate surface area is 120 Å². The molecule has 0 saturated heterocycles. The largest absolute Gasteiger partial charge is 0.486 e. The van der Waals surface area contributed by atoms with Crippen molar-refractivity contribution >= 4 is 5.82 Å². The van der Waals surface area contributed by atoms with E-state index >= 15 is 0 Å². The molecule has 2 aromatic rings. The van der Waals surface area contributed by atoms with Crippen LogP contribution in [0.5, 0.6) is 5.75 Å². The molecule has 21 heavy (non-hydrogen) atoms. The van der Waals surface area contributed by atoms with Gasteiger partial charge in [-0.25, -0.2) is 4.98 Å². The molecule has 0 unspecified atom stereocenters. The lowest BCUT2D eigenvalue weighted by atomic mass is 10.2. The smallest absolute Gasteiger partial charge is 0.416 e. The van der Waals surface area contributed by atoms with Gasteiger partial charge in [-0.2, -0.15) is 13.2 Å². The molecule has 0 amide bonds. The van der Waals surface area contributed by atoms with Crippen LogP contribution in [0.15, 0.2) is 30.5 Å². The Hall–Kier alpha value is -2.18. The summed E-state index contributed by atoms with van der Waals surface area (Å²) in [6, 6.07) is 4.67. The Morgan fingerprint density at radius 2 is 1.86 bits per heavy atom. The lowest BCUT2D eigenvalue weighted by Crippen LogP contribution is -2.11. The second kappa shape index (κ2) is 5.67. The first-order chi connectivity index (χ1) is 9.79. The first-order valence-electron chi connectivity index (χ1n) is 6.40. The molecule has 114 valence electrons. The van der Waals surface area contributed by atoms with Crippen LogP contribution in [0.3, 0.4) is 0 Å². The zero-order valence-electron chi connectivity index (χ0n) is 11.7. The molecular weight excluding hydrogens is 283 g/mol. The van der Waals surface area contributed by atoms with Crippen LogP contribution in [-0.4, -0.2) is 9.55 Å². The zero-order valence-corrected chi connectivity index (χ0v) is 11.7. The van der Waals surface area contributed by atoms with Gasteiger partial charge in [0.15, 0.2) is 0 Å². The second-order valence-corrected chi connectivity index (χ2v) is 4.87. The average molecular weight is 299 g/mol. The van der Waals surface area contributed by atoms with Gasteiger partial charge in [-0.1, -0.05) is 0 Å². The van der Waals surface area contributed by atoms with Crippen molar-refractivity contribution in [2.45, 2.75) is 32.7 Å².